The highest BCUT2D eigenvalue weighted by Gasteiger charge is 2.38. The van der Waals surface area contributed by atoms with Crippen molar-refractivity contribution in [2.75, 3.05) is 18.5 Å². The van der Waals surface area contributed by atoms with Gasteiger partial charge in [0.25, 0.3) is 0 Å². The highest BCUT2D eigenvalue weighted by Crippen LogP contribution is 2.40. The van der Waals surface area contributed by atoms with Gasteiger partial charge in [-0.1, -0.05) is 66.7 Å². The smallest absolute Gasteiger partial charge is 0.356 e. The fourth-order valence-corrected chi connectivity index (χ4v) is 5.10. The Morgan fingerprint density at radius 2 is 1.33 bits per heavy atom. The summed E-state index contributed by atoms with van der Waals surface area (Å²) in [6.07, 6.45) is 0. The van der Waals surface area contributed by atoms with Crippen molar-refractivity contribution in [2.45, 2.75) is 6.04 Å². The van der Waals surface area contributed by atoms with Crippen molar-refractivity contribution in [3.63, 3.8) is 0 Å². The van der Waals surface area contributed by atoms with Gasteiger partial charge in [0.15, 0.2) is 0 Å². The molecule has 1 aliphatic heterocycles. The number of hydrogen-bond donors (Lipinski definition) is 3. The van der Waals surface area contributed by atoms with Gasteiger partial charge in [-0.05, 0) is 52.6 Å². The average Bonchev–Trinajstić information content (AvgIpc) is 3.18. The van der Waals surface area contributed by atoms with Gasteiger partial charge in [-0.2, -0.15) is 0 Å². The first-order valence-electron chi connectivity index (χ1n) is 11.4. The molecule has 5 rings (SSSR count). The molecule has 1 unspecified atom stereocenters. The Morgan fingerprint density at radius 1 is 0.778 bits per heavy atom. The van der Waals surface area contributed by atoms with Crippen LogP contribution in [-0.4, -0.2) is 39.4 Å². The second-order valence-electron chi connectivity index (χ2n) is 8.83. The summed E-state index contributed by atoms with van der Waals surface area (Å²) in [7, 11) is -2.58. The number of carbonyl (C=O) groups excluding carboxylic acids is 1. The zero-order valence-corrected chi connectivity index (χ0v) is 20.4. The molecule has 0 radical (unpaired) electrons. The van der Waals surface area contributed by atoms with Crippen LogP contribution in [0.2, 0.25) is 0 Å². The number of rotatable bonds is 5. The molecular weight excluding hydrogens is 475 g/mol. The first-order valence-corrected chi connectivity index (χ1v) is 13.0. The normalized spacial score (nSPS) is 16.0. The molecule has 3 N–H and O–H groups in total. The number of anilines is 1. The van der Waals surface area contributed by atoms with E-state index in [1.54, 1.807) is 41.1 Å². The van der Waals surface area contributed by atoms with Crippen molar-refractivity contribution in [1.29, 1.82) is 0 Å². The lowest BCUT2D eigenvalue weighted by Gasteiger charge is -2.24. The third-order valence-electron chi connectivity index (χ3n) is 6.47. The first-order chi connectivity index (χ1) is 17.2. The average molecular weight is 500 g/mol. The van der Waals surface area contributed by atoms with E-state index in [0.29, 0.717) is 23.2 Å². The van der Waals surface area contributed by atoms with Gasteiger partial charge in [0.1, 0.15) is 5.75 Å². The van der Waals surface area contributed by atoms with Gasteiger partial charge in [0.2, 0.25) is 0 Å². The molecule has 36 heavy (non-hydrogen) atoms. The summed E-state index contributed by atoms with van der Waals surface area (Å²) >= 11 is 0. The second-order valence-corrected chi connectivity index (χ2v) is 10.4. The molecule has 0 bridgehead atoms. The number of phenolic OH excluding ortho intramolecular Hbond substituents is 1. The summed E-state index contributed by atoms with van der Waals surface area (Å²) in [5, 5.41) is 10.9. The van der Waals surface area contributed by atoms with Gasteiger partial charge in [-0.15, -0.1) is 0 Å². The van der Waals surface area contributed by atoms with E-state index >= 15 is 0 Å². The lowest BCUT2D eigenvalue weighted by molar-refractivity contribution is 0.229. The molecule has 0 spiro atoms. The van der Waals surface area contributed by atoms with E-state index in [0.717, 1.165) is 16.8 Å². The summed E-state index contributed by atoms with van der Waals surface area (Å²) in [5.41, 5.74) is 4.91. The Balaban J connectivity index is 1.44. The second kappa shape index (κ2) is 9.28. The van der Waals surface area contributed by atoms with Crippen LogP contribution >= 0.6 is 7.60 Å². The molecule has 182 valence electrons. The maximum atomic E-state index is 13.1. The number of benzene rings is 4. The van der Waals surface area contributed by atoms with E-state index in [2.05, 4.69) is 0 Å². The SMILES string of the molecule is CN1CC(c2ccc(-c3ccc(P(=O)(O)O)cc3)cc2O)N(c2ccc(-c3ccccc3)cc2)C1=O. The minimum Gasteiger partial charge on any atom is -0.508 e. The molecule has 0 aliphatic carbocycles. The van der Waals surface area contributed by atoms with Crippen LogP contribution in [0.4, 0.5) is 10.5 Å². The van der Waals surface area contributed by atoms with E-state index in [4.69, 9.17) is 0 Å². The predicted octanol–water partition coefficient (Wildman–Crippen LogP) is 5.14. The number of aromatic hydroxyl groups is 1. The van der Waals surface area contributed by atoms with Crippen LogP contribution in [0.25, 0.3) is 22.3 Å². The number of urea groups is 1. The molecule has 4 aromatic rings. The van der Waals surface area contributed by atoms with Crippen molar-refractivity contribution in [3.05, 3.63) is 103 Å². The molecule has 1 aliphatic rings. The van der Waals surface area contributed by atoms with Gasteiger partial charge >= 0.3 is 13.6 Å². The van der Waals surface area contributed by atoms with E-state index < -0.39 is 7.60 Å². The molecule has 1 saturated heterocycles. The van der Waals surface area contributed by atoms with Crippen molar-refractivity contribution in [1.82, 2.24) is 4.90 Å². The lowest BCUT2D eigenvalue weighted by Crippen LogP contribution is -2.30. The molecule has 8 heteroatoms. The zero-order chi connectivity index (χ0) is 25.4. The number of carbonyl (C=O) groups is 1. The zero-order valence-electron chi connectivity index (χ0n) is 19.5. The molecule has 0 aromatic heterocycles. The number of nitrogens with zero attached hydrogens (tertiary/aromatic N) is 2. The van der Waals surface area contributed by atoms with Crippen LogP contribution in [0.15, 0.2) is 97.1 Å². The van der Waals surface area contributed by atoms with E-state index in [1.165, 1.54) is 12.1 Å². The van der Waals surface area contributed by atoms with Crippen molar-refractivity contribution < 1.29 is 24.3 Å². The number of amides is 2. The topological polar surface area (TPSA) is 101 Å². The summed E-state index contributed by atoms with van der Waals surface area (Å²) in [6, 6.07) is 28.5. The highest BCUT2D eigenvalue weighted by atomic mass is 31.2. The highest BCUT2D eigenvalue weighted by molar-refractivity contribution is 7.60. The Morgan fingerprint density at radius 3 is 1.94 bits per heavy atom. The third kappa shape index (κ3) is 4.52. The minimum absolute atomic E-state index is 0.0468. The van der Waals surface area contributed by atoms with Crippen LogP contribution in [0.3, 0.4) is 0 Å². The molecule has 0 saturated carbocycles. The van der Waals surface area contributed by atoms with Gasteiger partial charge in [0, 0.05) is 24.8 Å². The van der Waals surface area contributed by atoms with Crippen LogP contribution < -0.4 is 10.2 Å². The lowest BCUT2D eigenvalue weighted by atomic mass is 9.98. The molecular formula is C28H25N2O5P. The third-order valence-corrected chi connectivity index (χ3v) is 7.44. The Kier molecular flexibility index (Phi) is 6.14. The quantitative estimate of drug-likeness (QED) is 0.330. The van der Waals surface area contributed by atoms with Crippen LogP contribution in [0, 0.1) is 0 Å². The fourth-order valence-electron chi connectivity index (χ4n) is 4.56. The largest absolute Gasteiger partial charge is 0.508 e. The van der Waals surface area contributed by atoms with Crippen molar-refractivity contribution in [2.24, 2.45) is 0 Å². The molecule has 2 amide bonds. The Hall–Kier alpha value is -3.90. The Bertz CT molecular complexity index is 1450. The molecule has 4 aromatic carbocycles. The standard InChI is InChI=1S/C28H25N2O5P/c1-29-18-26(30(28(29)32)23-12-7-20(8-13-23)19-5-3-2-4-6-19)25-16-11-22(17-27(25)31)21-9-14-24(15-10-21)36(33,34)35/h2-17,26,31H,18H2,1H3,(H2,33,34,35). The van der Waals surface area contributed by atoms with Crippen LogP contribution in [0.5, 0.6) is 5.75 Å². The molecule has 7 nitrogen and oxygen atoms in total. The summed E-state index contributed by atoms with van der Waals surface area (Å²) in [6.45, 7) is 0.420. The van der Waals surface area contributed by atoms with Crippen molar-refractivity contribution >= 4 is 24.6 Å². The first kappa shape index (κ1) is 23.8. The Labute approximate surface area is 209 Å². The van der Waals surface area contributed by atoms with Crippen LogP contribution in [-0.2, 0) is 4.57 Å². The molecule has 1 heterocycles. The maximum absolute atomic E-state index is 13.1. The summed E-state index contributed by atoms with van der Waals surface area (Å²) in [5.74, 6) is 0.0468. The number of hydrogen-bond acceptors (Lipinski definition) is 3. The van der Waals surface area contributed by atoms with Gasteiger partial charge in [-0.25, -0.2) is 4.79 Å². The van der Waals surface area contributed by atoms with Gasteiger partial charge in [0.05, 0.1) is 11.3 Å². The van der Waals surface area contributed by atoms with E-state index in [9.17, 15) is 24.3 Å². The predicted molar refractivity (Wildman–Crippen MR) is 140 cm³/mol. The minimum atomic E-state index is -4.32. The van der Waals surface area contributed by atoms with E-state index in [-0.39, 0.29) is 23.1 Å². The van der Waals surface area contributed by atoms with Crippen molar-refractivity contribution in [3.8, 4) is 28.0 Å². The van der Waals surface area contributed by atoms with Gasteiger partial charge < -0.3 is 19.8 Å². The maximum Gasteiger partial charge on any atom is 0.356 e. The van der Waals surface area contributed by atoms with Crippen LogP contribution in [0.1, 0.15) is 11.6 Å². The number of phenols is 1. The number of likely N-dealkylation sites (N-methyl/N-ethyl adjacent to an activating group) is 1. The van der Waals surface area contributed by atoms with E-state index in [1.807, 2.05) is 60.7 Å². The summed E-state index contributed by atoms with van der Waals surface area (Å²) < 4.78 is 11.4. The monoisotopic (exact) mass is 500 g/mol. The summed E-state index contributed by atoms with van der Waals surface area (Å²) in [4.78, 5) is 35.0. The molecule has 1 atom stereocenters. The fraction of sp³-hybridized carbons (Fsp3) is 0.107. The van der Waals surface area contributed by atoms with Gasteiger partial charge in [-0.3, -0.25) is 9.46 Å². The molecule has 1 fully saturated rings.